The van der Waals surface area contributed by atoms with E-state index in [4.69, 9.17) is 14.2 Å². The smallest absolute Gasteiger partial charge is 0.246 e. The average Bonchev–Trinajstić information content (AvgIpc) is 2.83. The van der Waals surface area contributed by atoms with Crippen molar-refractivity contribution < 1.29 is 19.0 Å². The average molecular weight is 450 g/mol. The number of benzene rings is 2. The standard InChI is InChI=1S/C24H27N5O4/c1-5-29-21-14-26-24(27-23(21)28(2)15-22(29)30)25-13-16-6-8-17(9-7-16)33-20-11-18(31-3)10-19(12-20)32-4/h6-12,14H,5,13,15H2,1-4H3,(H,25,26,27). The second-order valence-corrected chi connectivity index (χ2v) is 7.54. The molecule has 2 aromatic carbocycles. The van der Waals surface area contributed by atoms with Gasteiger partial charge in [0.1, 0.15) is 28.7 Å². The van der Waals surface area contributed by atoms with E-state index in [0.717, 1.165) is 17.1 Å². The van der Waals surface area contributed by atoms with Crippen LogP contribution in [0.1, 0.15) is 12.5 Å². The van der Waals surface area contributed by atoms with E-state index in [1.807, 2.05) is 43.1 Å². The fourth-order valence-corrected chi connectivity index (χ4v) is 3.60. The molecule has 0 spiro atoms. The highest BCUT2D eigenvalue weighted by Gasteiger charge is 2.28. The first-order valence-corrected chi connectivity index (χ1v) is 10.6. The third-order valence-electron chi connectivity index (χ3n) is 5.33. The number of likely N-dealkylation sites (N-methyl/N-ethyl adjacent to an activating group) is 2. The molecule has 1 aliphatic rings. The fraction of sp³-hybridized carbons (Fsp3) is 0.292. The summed E-state index contributed by atoms with van der Waals surface area (Å²) in [5.41, 5.74) is 1.78. The van der Waals surface area contributed by atoms with Crippen LogP contribution in [0.5, 0.6) is 23.0 Å². The van der Waals surface area contributed by atoms with Gasteiger partial charge < -0.3 is 29.3 Å². The molecule has 172 valence electrons. The van der Waals surface area contributed by atoms with Gasteiger partial charge in [-0.2, -0.15) is 4.98 Å². The summed E-state index contributed by atoms with van der Waals surface area (Å²) < 4.78 is 16.5. The lowest BCUT2D eigenvalue weighted by atomic mass is 10.2. The Bertz CT molecular complexity index is 1110. The van der Waals surface area contributed by atoms with Crippen molar-refractivity contribution in [1.82, 2.24) is 9.97 Å². The zero-order valence-corrected chi connectivity index (χ0v) is 19.2. The van der Waals surface area contributed by atoms with Gasteiger partial charge in [-0.15, -0.1) is 0 Å². The molecular weight excluding hydrogens is 422 g/mol. The lowest BCUT2D eigenvalue weighted by molar-refractivity contribution is -0.117. The van der Waals surface area contributed by atoms with Gasteiger partial charge in [-0.25, -0.2) is 4.98 Å². The molecule has 1 N–H and O–H groups in total. The number of amides is 1. The molecule has 1 aliphatic heterocycles. The first kappa shape index (κ1) is 22.2. The van der Waals surface area contributed by atoms with Crippen LogP contribution in [-0.2, 0) is 11.3 Å². The summed E-state index contributed by atoms with van der Waals surface area (Å²) in [6.07, 6.45) is 1.70. The van der Waals surface area contributed by atoms with Gasteiger partial charge in [0, 0.05) is 38.3 Å². The first-order valence-electron chi connectivity index (χ1n) is 10.6. The van der Waals surface area contributed by atoms with Gasteiger partial charge in [0.2, 0.25) is 11.9 Å². The van der Waals surface area contributed by atoms with E-state index in [9.17, 15) is 4.79 Å². The van der Waals surface area contributed by atoms with Crippen molar-refractivity contribution in [3.63, 3.8) is 0 Å². The van der Waals surface area contributed by atoms with Crippen LogP contribution in [0.4, 0.5) is 17.5 Å². The predicted molar refractivity (Wildman–Crippen MR) is 127 cm³/mol. The molecule has 33 heavy (non-hydrogen) atoms. The van der Waals surface area contributed by atoms with Crippen molar-refractivity contribution in [2.45, 2.75) is 13.5 Å². The van der Waals surface area contributed by atoms with Crippen LogP contribution < -0.4 is 29.3 Å². The molecule has 2 heterocycles. The molecule has 0 aliphatic carbocycles. The zero-order valence-electron chi connectivity index (χ0n) is 19.2. The Hall–Kier alpha value is -4.01. The third kappa shape index (κ3) is 4.92. The van der Waals surface area contributed by atoms with Gasteiger partial charge in [0.15, 0.2) is 5.82 Å². The highest BCUT2D eigenvalue weighted by atomic mass is 16.5. The van der Waals surface area contributed by atoms with Crippen molar-refractivity contribution in [1.29, 1.82) is 0 Å². The monoisotopic (exact) mass is 449 g/mol. The quantitative estimate of drug-likeness (QED) is 0.557. The number of fused-ring (bicyclic) bond motifs is 1. The third-order valence-corrected chi connectivity index (χ3v) is 5.33. The summed E-state index contributed by atoms with van der Waals surface area (Å²) in [6, 6.07) is 13.1. The van der Waals surface area contributed by atoms with Crippen molar-refractivity contribution in [2.24, 2.45) is 0 Å². The minimum absolute atomic E-state index is 0.0477. The molecule has 9 heteroatoms. The zero-order chi connectivity index (χ0) is 23.4. The molecule has 9 nitrogen and oxygen atoms in total. The van der Waals surface area contributed by atoms with Crippen LogP contribution in [0.3, 0.4) is 0 Å². The summed E-state index contributed by atoms with van der Waals surface area (Å²) in [4.78, 5) is 24.7. The van der Waals surface area contributed by atoms with Gasteiger partial charge in [-0.3, -0.25) is 4.79 Å². The SMILES string of the molecule is CCN1C(=O)CN(C)c2nc(NCc3ccc(Oc4cc(OC)cc(OC)c4)cc3)ncc21. The van der Waals surface area contributed by atoms with Crippen LogP contribution in [0.15, 0.2) is 48.7 Å². The van der Waals surface area contributed by atoms with Gasteiger partial charge in [0.25, 0.3) is 0 Å². The second kappa shape index (κ2) is 9.64. The molecule has 0 saturated heterocycles. The molecule has 0 saturated carbocycles. The molecule has 0 radical (unpaired) electrons. The largest absolute Gasteiger partial charge is 0.496 e. The summed E-state index contributed by atoms with van der Waals surface area (Å²) in [5, 5.41) is 3.25. The topological polar surface area (TPSA) is 89.1 Å². The van der Waals surface area contributed by atoms with Crippen molar-refractivity contribution in [3.05, 3.63) is 54.2 Å². The molecule has 0 unspecified atom stereocenters. The molecule has 1 amide bonds. The van der Waals surface area contributed by atoms with Crippen LogP contribution in [0.25, 0.3) is 0 Å². The Balaban J connectivity index is 1.41. The summed E-state index contributed by atoms with van der Waals surface area (Å²) in [5.74, 6) is 3.94. The summed E-state index contributed by atoms with van der Waals surface area (Å²) in [6.45, 7) is 3.38. The number of carbonyl (C=O) groups is 1. The minimum atomic E-state index is 0.0477. The molecule has 1 aromatic heterocycles. The lowest BCUT2D eigenvalue weighted by Gasteiger charge is -2.33. The van der Waals surface area contributed by atoms with Gasteiger partial charge >= 0.3 is 0 Å². The van der Waals surface area contributed by atoms with Gasteiger partial charge in [-0.05, 0) is 24.6 Å². The number of rotatable bonds is 8. The number of nitrogens with zero attached hydrogens (tertiary/aromatic N) is 4. The maximum atomic E-state index is 12.2. The molecule has 4 rings (SSSR count). The van der Waals surface area contributed by atoms with E-state index in [2.05, 4.69) is 15.3 Å². The number of carbonyl (C=O) groups excluding carboxylic acids is 1. The Kier molecular flexibility index (Phi) is 6.48. The molecular formula is C24H27N5O4. The molecule has 0 fully saturated rings. The summed E-state index contributed by atoms with van der Waals surface area (Å²) >= 11 is 0. The Morgan fingerprint density at radius 1 is 1.00 bits per heavy atom. The predicted octanol–water partition coefficient (Wildman–Crippen LogP) is 3.70. The summed E-state index contributed by atoms with van der Waals surface area (Å²) in [7, 11) is 5.06. The number of anilines is 3. The Morgan fingerprint density at radius 3 is 2.30 bits per heavy atom. The van der Waals surface area contributed by atoms with E-state index in [-0.39, 0.29) is 5.91 Å². The van der Waals surface area contributed by atoms with E-state index in [1.54, 1.807) is 43.5 Å². The van der Waals surface area contributed by atoms with Gasteiger partial charge in [0.05, 0.1) is 27.0 Å². The van der Waals surface area contributed by atoms with E-state index in [0.29, 0.717) is 48.6 Å². The Labute approximate surface area is 192 Å². The number of hydrogen-bond acceptors (Lipinski definition) is 8. The first-order chi connectivity index (χ1) is 16.0. The van der Waals surface area contributed by atoms with E-state index >= 15 is 0 Å². The second-order valence-electron chi connectivity index (χ2n) is 7.54. The molecule has 0 atom stereocenters. The Morgan fingerprint density at radius 2 is 1.67 bits per heavy atom. The number of ether oxygens (including phenoxy) is 3. The number of hydrogen-bond donors (Lipinski definition) is 1. The van der Waals surface area contributed by atoms with Crippen LogP contribution in [0, 0.1) is 0 Å². The fourth-order valence-electron chi connectivity index (χ4n) is 3.60. The minimum Gasteiger partial charge on any atom is -0.496 e. The van der Waals surface area contributed by atoms with E-state index in [1.165, 1.54) is 0 Å². The van der Waals surface area contributed by atoms with Crippen molar-refractivity contribution in [2.75, 3.05) is 49.5 Å². The molecule has 3 aromatic rings. The van der Waals surface area contributed by atoms with Gasteiger partial charge in [-0.1, -0.05) is 12.1 Å². The maximum absolute atomic E-state index is 12.2. The lowest BCUT2D eigenvalue weighted by Crippen LogP contribution is -2.44. The normalized spacial score (nSPS) is 12.9. The number of aromatic nitrogens is 2. The van der Waals surface area contributed by atoms with Crippen LogP contribution in [-0.4, -0.2) is 50.2 Å². The van der Waals surface area contributed by atoms with Crippen molar-refractivity contribution >= 4 is 23.4 Å². The van der Waals surface area contributed by atoms with Crippen LogP contribution >= 0.6 is 0 Å². The maximum Gasteiger partial charge on any atom is 0.246 e. The molecule has 0 bridgehead atoms. The number of methoxy groups -OCH3 is 2. The highest BCUT2D eigenvalue weighted by Crippen LogP contribution is 2.32. The van der Waals surface area contributed by atoms with Crippen LogP contribution in [0.2, 0.25) is 0 Å². The number of nitrogens with one attached hydrogen (secondary N) is 1. The van der Waals surface area contributed by atoms with E-state index < -0.39 is 0 Å². The van der Waals surface area contributed by atoms with Crippen molar-refractivity contribution in [3.8, 4) is 23.0 Å². The highest BCUT2D eigenvalue weighted by molar-refractivity contribution is 6.02.